The standard InChI is InChI=1S/C19H24FN9O.ClH/c1-27-8-13(17(26-27)30-2)23-15-14-16(29(9-22-14)19-3-10(4-19)5-19)25-18(24-15)28-6-11(20)12(21)7-28;/h8-12H,3-7,21H2,1-2H3,(H,23,24,25);1H. The second kappa shape index (κ2) is 6.92. The highest BCUT2D eigenvalue weighted by molar-refractivity contribution is 5.87. The molecule has 4 fully saturated rings. The van der Waals surface area contributed by atoms with Crippen LogP contribution in [-0.4, -0.2) is 61.7 Å². The lowest BCUT2D eigenvalue weighted by molar-refractivity contribution is -0.0862. The van der Waals surface area contributed by atoms with Crippen molar-refractivity contribution < 1.29 is 9.13 Å². The number of methoxy groups -OCH3 is 1. The van der Waals surface area contributed by atoms with Crippen molar-refractivity contribution in [2.45, 2.75) is 37.0 Å². The van der Waals surface area contributed by atoms with Crippen LogP contribution < -0.4 is 20.7 Å². The van der Waals surface area contributed by atoms with E-state index in [4.69, 9.17) is 20.4 Å². The molecule has 3 aromatic rings. The molecule has 2 unspecified atom stereocenters. The maximum atomic E-state index is 14.1. The van der Waals surface area contributed by atoms with E-state index in [0.717, 1.165) is 30.8 Å². The van der Waals surface area contributed by atoms with Gasteiger partial charge < -0.3 is 25.3 Å². The summed E-state index contributed by atoms with van der Waals surface area (Å²) in [5.74, 6) is 2.28. The number of rotatable bonds is 5. The van der Waals surface area contributed by atoms with Gasteiger partial charge in [-0.05, 0) is 25.2 Å². The van der Waals surface area contributed by atoms with Gasteiger partial charge in [-0.15, -0.1) is 17.5 Å². The topological polar surface area (TPSA) is 112 Å². The zero-order chi connectivity index (χ0) is 20.6. The van der Waals surface area contributed by atoms with Crippen molar-refractivity contribution in [2.75, 3.05) is 30.4 Å². The minimum atomic E-state index is -1.10. The van der Waals surface area contributed by atoms with E-state index in [1.807, 2.05) is 19.6 Å². The first kappa shape index (κ1) is 20.3. The number of halogens is 2. The number of aryl methyl sites for hydroxylation is 1. The van der Waals surface area contributed by atoms with E-state index >= 15 is 0 Å². The first-order valence-corrected chi connectivity index (χ1v) is 10.2. The highest BCUT2D eigenvalue weighted by Gasteiger charge is 2.58. The first-order chi connectivity index (χ1) is 14.5. The van der Waals surface area contributed by atoms with Gasteiger partial charge in [0.05, 0.1) is 32.2 Å². The molecule has 3 aliphatic carbocycles. The fraction of sp³-hybridized carbons (Fsp3) is 0.579. The van der Waals surface area contributed by atoms with Gasteiger partial charge in [0.25, 0.3) is 5.88 Å². The van der Waals surface area contributed by atoms with E-state index in [2.05, 4.69) is 20.0 Å². The molecule has 31 heavy (non-hydrogen) atoms. The molecule has 7 rings (SSSR count). The predicted molar refractivity (Wildman–Crippen MR) is 116 cm³/mol. The minimum Gasteiger partial charge on any atom is -0.478 e. The molecular weight excluding hydrogens is 425 g/mol. The van der Waals surface area contributed by atoms with Crippen LogP contribution in [0.1, 0.15) is 19.3 Å². The summed E-state index contributed by atoms with van der Waals surface area (Å²) >= 11 is 0. The van der Waals surface area contributed by atoms with E-state index in [9.17, 15) is 4.39 Å². The average Bonchev–Trinajstić information content (AvgIpc) is 3.31. The monoisotopic (exact) mass is 449 g/mol. The van der Waals surface area contributed by atoms with Crippen LogP contribution in [-0.2, 0) is 12.6 Å². The Kier molecular flexibility index (Phi) is 4.52. The number of nitrogens with zero attached hydrogens (tertiary/aromatic N) is 7. The minimum absolute atomic E-state index is 0. The Morgan fingerprint density at radius 3 is 2.65 bits per heavy atom. The van der Waals surface area contributed by atoms with Crippen molar-refractivity contribution >= 4 is 41.0 Å². The molecule has 0 spiro atoms. The molecule has 3 aromatic heterocycles. The SMILES string of the molecule is COc1nn(C)cc1Nc1nc(N2CC(N)C(F)C2)nc2c1ncn2C12CC(C1)C2.Cl. The second-order valence-electron chi connectivity index (χ2n) is 8.80. The van der Waals surface area contributed by atoms with Crippen LogP contribution in [0.2, 0.25) is 0 Å². The molecule has 1 aliphatic heterocycles. The molecule has 10 nitrogen and oxygen atoms in total. The van der Waals surface area contributed by atoms with Crippen LogP contribution in [0.15, 0.2) is 12.5 Å². The van der Waals surface area contributed by atoms with Gasteiger partial charge in [0.1, 0.15) is 11.9 Å². The van der Waals surface area contributed by atoms with Crippen LogP contribution in [0.5, 0.6) is 5.88 Å². The molecule has 12 heteroatoms. The number of aromatic nitrogens is 6. The highest BCUT2D eigenvalue weighted by atomic mass is 35.5. The van der Waals surface area contributed by atoms with Crippen molar-refractivity contribution in [1.29, 1.82) is 0 Å². The van der Waals surface area contributed by atoms with Crippen molar-refractivity contribution in [2.24, 2.45) is 18.7 Å². The molecule has 1 saturated heterocycles. The summed E-state index contributed by atoms with van der Waals surface area (Å²) in [7, 11) is 3.39. The summed E-state index contributed by atoms with van der Waals surface area (Å²) in [6.45, 7) is 0.563. The number of ether oxygens (including phenoxy) is 1. The van der Waals surface area contributed by atoms with Gasteiger partial charge in [-0.1, -0.05) is 0 Å². The maximum Gasteiger partial charge on any atom is 0.256 e. The third-order valence-corrected chi connectivity index (χ3v) is 6.72. The van der Waals surface area contributed by atoms with Crippen LogP contribution in [0, 0.1) is 5.92 Å². The van der Waals surface area contributed by atoms with Gasteiger partial charge in [0, 0.05) is 19.1 Å². The normalized spacial score (nSPS) is 28.8. The molecule has 3 N–H and O–H groups in total. The fourth-order valence-electron chi connectivity index (χ4n) is 4.98. The first-order valence-electron chi connectivity index (χ1n) is 10.2. The Bertz CT molecular complexity index is 1120. The predicted octanol–water partition coefficient (Wildman–Crippen LogP) is 1.73. The average molecular weight is 450 g/mol. The van der Waals surface area contributed by atoms with Gasteiger partial charge in [0.15, 0.2) is 17.0 Å². The van der Waals surface area contributed by atoms with E-state index < -0.39 is 12.2 Å². The van der Waals surface area contributed by atoms with Gasteiger partial charge in [0.2, 0.25) is 5.95 Å². The molecular formula is C19H25ClFN9O. The zero-order valence-corrected chi connectivity index (χ0v) is 18.1. The third kappa shape index (κ3) is 2.93. The number of nitrogens with one attached hydrogen (secondary N) is 1. The molecule has 4 aliphatic rings. The molecule has 3 saturated carbocycles. The Morgan fingerprint density at radius 2 is 2.03 bits per heavy atom. The van der Waals surface area contributed by atoms with Crippen molar-refractivity contribution in [1.82, 2.24) is 29.3 Å². The van der Waals surface area contributed by atoms with E-state index in [1.54, 1.807) is 16.7 Å². The van der Waals surface area contributed by atoms with Crippen LogP contribution >= 0.6 is 12.4 Å². The third-order valence-electron chi connectivity index (χ3n) is 6.72. The number of hydrogen-bond acceptors (Lipinski definition) is 8. The number of alkyl halides is 1. The van der Waals surface area contributed by atoms with Crippen molar-refractivity contribution in [3.8, 4) is 5.88 Å². The number of nitrogens with two attached hydrogens (primary N) is 1. The molecule has 2 bridgehead atoms. The lowest BCUT2D eigenvalue weighted by Crippen LogP contribution is -2.59. The lowest BCUT2D eigenvalue weighted by atomic mass is 9.50. The summed E-state index contributed by atoms with van der Waals surface area (Å²) in [5, 5.41) is 7.58. The van der Waals surface area contributed by atoms with Gasteiger partial charge >= 0.3 is 0 Å². The zero-order valence-electron chi connectivity index (χ0n) is 17.3. The quantitative estimate of drug-likeness (QED) is 0.605. The number of hydrogen-bond donors (Lipinski definition) is 2. The van der Waals surface area contributed by atoms with E-state index in [1.165, 1.54) is 0 Å². The molecule has 0 aromatic carbocycles. The summed E-state index contributed by atoms with van der Waals surface area (Å²) in [6, 6.07) is -0.540. The summed E-state index contributed by atoms with van der Waals surface area (Å²) in [6.07, 6.45) is 6.07. The van der Waals surface area contributed by atoms with E-state index in [-0.39, 0.29) is 24.5 Å². The summed E-state index contributed by atoms with van der Waals surface area (Å²) < 4.78 is 23.3. The molecule has 0 radical (unpaired) electrons. The van der Waals surface area contributed by atoms with Crippen LogP contribution in [0.4, 0.5) is 21.8 Å². The Morgan fingerprint density at radius 1 is 1.26 bits per heavy atom. The molecule has 2 atom stereocenters. The largest absolute Gasteiger partial charge is 0.478 e. The lowest BCUT2D eigenvalue weighted by Gasteiger charge is -2.62. The second-order valence-corrected chi connectivity index (χ2v) is 8.80. The van der Waals surface area contributed by atoms with Crippen LogP contribution in [0.25, 0.3) is 11.2 Å². The Balaban J connectivity index is 0.00000204. The van der Waals surface area contributed by atoms with Crippen molar-refractivity contribution in [3.63, 3.8) is 0 Å². The smallest absolute Gasteiger partial charge is 0.256 e. The van der Waals surface area contributed by atoms with Gasteiger partial charge in [-0.2, -0.15) is 9.97 Å². The molecule has 0 amide bonds. The molecule has 166 valence electrons. The summed E-state index contributed by atoms with van der Waals surface area (Å²) in [4.78, 5) is 15.9. The van der Waals surface area contributed by atoms with Crippen LogP contribution in [0.3, 0.4) is 0 Å². The number of anilines is 3. The Labute approximate surface area is 184 Å². The van der Waals surface area contributed by atoms with Crippen molar-refractivity contribution in [3.05, 3.63) is 12.5 Å². The molecule has 4 heterocycles. The number of imidazole rings is 1. The Hall–Kier alpha value is -2.66. The number of fused-ring (bicyclic) bond motifs is 1. The summed E-state index contributed by atoms with van der Waals surface area (Å²) in [5.41, 5.74) is 8.14. The van der Waals surface area contributed by atoms with E-state index in [0.29, 0.717) is 35.4 Å². The van der Waals surface area contributed by atoms with Gasteiger partial charge in [-0.3, -0.25) is 4.68 Å². The van der Waals surface area contributed by atoms with Gasteiger partial charge in [-0.25, -0.2) is 9.37 Å². The fourth-order valence-corrected chi connectivity index (χ4v) is 4.98. The highest BCUT2D eigenvalue weighted by Crippen LogP contribution is 2.62. The maximum absolute atomic E-state index is 14.1.